The molecule has 4 aromatic rings. The quantitative estimate of drug-likeness (QED) is 0.0625. The zero-order valence-corrected chi connectivity index (χ0v) is 38.0. The molecule has 0 unspecified atom stereocenters. The lowest BCUT2D eigenvalue weighted by Crippen LogP contribution is -2.17. The zero-order valence-electron chi connectivity index (χ0n) is 38.0. The van der Waals surface area contributed by atoms with Crippen molar-refractivity contribution in [2.75, 3.05) is 0 Å². The van der Waals surface area contributed by atoms with Gasteiger partial charge in [-0.25, -0.2) is 19.2 Å². The Morgan fingerprint density at radius 3 is 0.770 bits per heavy atom. The molecule has 0 saturated heterocycles. The Morgan fingerprint density at radius 1 is 0.393 bits per heavy atom. The number of benzene rings is 4. The van der Waals surface area contributed by atoms with Crippen molar-refractivity contribution in [3.05, 3.63) is 164 Å². The van der Waals surface area contributed by atoms with Crippen LogP contribution in [0.15, 0.2) is 97.1 Å². The van der Waals surface area contributed by atoms with Crippen LogP contribution in [0.4, 0.5) is 0 Å². The van der Waals surface area contributed by atoms with Gasteiger partial charge in [0.2, 0.25) is 0 Å². The Kier molecular flexibility index (Phi) is 15.4. The van der Waals surface area contributed by atoms with Gasteiger partial charge >= 0.3 is 23.9 Å². The van der Waals surface area contributed by atoms with Gasteiger partial charge in [-0.1, -0.05) is 104 Å². The van der Waals surface area contributed by atoms with E-state index < -0.39 is 35.7 Å². The first-order chi connectivity index (χ1) is 28.5. The SMILES string of the molecule is C=C(C)C(=O)Oc1c(C)cc(C)cc1C(CCCC(c1cc(C)cc(C)c1OC(=O)C(=C)C)c1cc(C)cc(C)c1OC(=O)C(=C)C)c1cc(C)cc(C)c1OC(=O)C(=C)C. The van der Waals surface area contributed by atoms with Gasteiger partial charge in [0.25, 0.3) is 0 Å². The third kappa shape index (κ3) is 11.5. The molecular weight excluding hydrogens is 765 g/mol. The van der Waals surface area contributed by atoms with Gasteiger partial charge in [-0.05, 0) is 118 Å². The first-order valence-corrected chi connectivity index (χ1v) is 20.5. The van der Waals surface area contributed by atoms with Crippen molar-refractivity contribution in [2.24, 2.45) is 0 Å². The summed E-state index contributed by atoms with van der Waals surface area (Å²) in [6.07, 6.45) is 1.50. The Morgan fingerprint density at radius 2 is 0.590 bits per heavy atom. The summed E-state index contributed by atoms with van der Waals surface area (Å²) in [7, 11) is 0. The van der Waals surface area contributed by atoms with Crippen molar-refractivity contribution in [3.8, 4) is 23.0 Å². The lowest BCUT2D eigenvalue weighted by atomic mass is 9.79. The van der Waals surface area contributed by atoms with Crippen molar-refractivity contribution in [1.29, 1.82) is 0 Å². The van der Waals surface area contributed by atoms with E-state index in [0.717, 1.165) is 66.8 Å². The largest absolute Gasteiger partial charge is 0.423 e. The molecule has 0 aliphatic heterocycles. The molecule has 8 nitrogen and oxygen atoms in total. The predicted octanol–water partition coefficient (Wildman–Crippen LogP) is 12.2. The number of ether oxygens (including phenoxy) is 4. The van der Waals surface area contributed by atoms with E-state index in [2.05, 4.69) is 26.3 Å². The minimum Gasteiger partial charge on any atom is -0.423 e. The summed E-state index contributed by atoms with van der Waals surface area (Å²) in [5, 5.41) is 0. The summed E-state index contributed by atoms with van der Waals surface area (Å²) in [5.41, 5.74) is 10.8. The molecule has 0 amide bonds. The van der Waals surface area contributed by atoms with E-state index in [9.17, 15) is 19.2 Å². The average Bonchev–Trinajstić information content (AvgIpc) is 3.15. The maximum Gasteiger partial charge on any atom is 0.338 e. The van der Waals surface area contributed by atoms with Crippen LogP contribution < -0.4 is 18.9 Å². The first kappa shape index (κ1) is 47.4. The highest BCUT2D eigenvalue weighted by Crippen LogP contribution is 2.47. The van der Waals surface area contributed by atoms with Crippen LogP contribution in [-0.2, 0) is 19.2 Å². The maximum atomic E-state index is 13.2. The molecule has 8 heteroatoms. The second-order valence-electron chi connectivity index (χ2n) is 16.7. The zero-order chi connectivity index (χ0) is 45.6. The second-order valence-corrected chi connectivity index (χ2v) is 16.7. The fourth-order valence-electron chi connectivity index (χ4n) is 7.74. The maximum absolute atomic E-state index is 13.2. The molecule has 0 spiro atoms. The Balaban J connectivity index is 2.04. The third-order valence-electron chi connectivity index (χ3n) is 10.5. The molecule has 0 saturated carbocycles. The fourth-order valence-corrected chi connectivity index (χ4v) is 7.74. The average molecular weight is 825 g/mol. The standard InChI is InChI=1S/C53H60O8/c1-28(2)50(54)58-46-36(13)20-32(9)24-42(46)40(43-25-33(10)21-37(14)47(43)59-51(55)29(3)4)18-17-19-41(44-26-34(11)22-38(15)48(44)60-52(56)30(5)6)45-27-35(12)23-39(16)49(45)61-53(57)31(7)8/h20-27,40-41H,1,3,5,7,17-19H2,2,4,6,8-16H3. The highest BCUT2D eigenvalue weighted by atomic mass is 16.5. The number of rotatable bonds is 16. The van der Waals surface area contributed by atoms with Gasteiger partial charge in [-0.15, -0.1) is 0 Å². The van der Waals surface area contributed by atoms with E-state index in [-0.39, 0.29) is 22.3 Å². The van der Waals surface area contributed by atoms with Crippen molar-refractivity contribution in [1.82, 2.24) is 0 Å². The molecule has 61 heavy (non-hydrogen) atoms. The van der Waals surface area contributed by atoms with E-state index in [0.29, 0.717) is 42.3 Å². The molecule has 0 atom stereocenters. The summed E-state index contributed by atoms with van der Waals surface area (Å²) in [5.74, 6) is -1.52. The van der Waals surface area contributed by atoms with Crippen LogP contribution in [0.1, 0.15) is 126 Å². The Hall–Kier alpha value is -6.28. The van der Waals surface area contributed by atoms with Crippen LogP contribution in [0.25, 0.3) is 0 Å². The number of aryl methyl sites for hydroxylation is 8. The molecule has 4 rings (SSSR count). The Bertz CT molecular complexity index is 2140. The number of hydrogen-bond donors (Lipinski definition) is 0. The molecular formula is C53H60O8. The second kappa shape index (κ2) is 19.9. The van der Waals surface area contributed by atoms with E-state index in [1.165, 1.54) is 0 Å². The molecule has 0 aliphatic carbocycles. The topological polar surface area (TPSA) is 105 Å². The highest BCUT2D eigenvalue weighted by Gasteiger charge is 2.31. The molecule has 0 bridgehead atoms. The summed E-state index contributed by atoms with van der Waals surface area (Å²) in [4.78, 5) is 52.8. The third-order valence-corrected chi connectivity index (χ3v) is 10.5. The van der Waals surface area contributed by atoms with E-state index in [4.69, 9.17) is 18.9 Å². The molecule has 320 valence electrons. The molecule has 0 radical (unpaired) electrons. The number of carbonyl (C=O) groups is 4. The van der Waals surface area contributed by atoms with Crippen LogP contribution in [0.5, 0.6) is 23.0 Å². The summed E-state index contributed by atoms with van der Waals surface area (Å²) < 4.78 is 24.4. The highest BCUT2D eigenvalue weighted by molar-refractivity contribution is 5.91. The normalized spacial score (nSPS) is 11.0. The molecule has 0 N–H and O–H groups in total. The van der Waals surface area contributed by atoms with E-state index in [1.54, 1.807) is 27.7 Å². The predicted molar refractivity (Wildman–Crippen MR) is 243 cm³/mol. The van der Waals surface area contributed by atoms with E-state index >= 15 is 0 Å². The number of carbonyl (C=O) groups excluding carboxylic acids is 4. The van der Waals surface area contributed by atoms with Gasteiger partial charge in [-0.3, -0.25) is 0 Å². The molecule has 0 fully saturated rings. The van der Waals surface area contributed by atoms with Crippen LogP contribution in [0.2, 0.25) is 0 Å². The minimum atomic E-state index is -0.556. The number of esters is 4. The molecule has 0 heterocycles. The smallest absolute Gasteiger partial charge is 0.338 e. The summed E-state index contributed by atoms with van der Waals surface area (Å²) >= 11 is 0. The molecule has 0 aliphatic rings. The van der Waals surface area contributed by atoms with Gasteiger partial charge in [0.05, 0.1) is 0 Å². The Labute approximate surface area is 362 Å². The van der Waals surface area contributed by atoms with Crippen molar-refractivity contribution >= 4 is 23.9 Å². The molecule has 4 aromatic carbocycles. The van der Waals surface area contributed by atoms with Gasteiger partial charge in [0.15, 0.2) is 0 Å². The van der Waals surface area contributed by atoms with Gasteiger partial charge in [0.1, 0.15) is 23.0 Å². The first-order valence-electron chi connectivity index (χ1n) is 20.5. The van der Waals surface area contributed by atoms with Crippen molar-refractivity contribution in [2.45, 2.75) is 114 Å². The number of hydrogen-bond acceptors (Lipinski definition) is 8. The van der Waals surface area contributed by atoms with Crippen molar-refractivity contribution in [3.63, 3.8) is 0 Å². The summed E-state index contributed by atoms with van der Waals surface area (Å²) in [6, 6.07) is 15.9. The van der Waals surface area contributed by atoms with Crippen LogP contribution >= 0.6 is 0 Å². The monoisotopic (exact) mass is 824 g/mol. The summed E-state index contributed by atoms with van der Waals surface area (Å²) in [6.45, 7) is 37.2. The minimum absolute atomic E-state index is 0.251. The van der Waals surface area contributed by atoms with Crippen molar-refractivity contribution < 1.29 is 38.1 Å². The van der Waals surface area contributed by atoms with Crippen LogP contribution in [-0.4, -0.2) is 23.9 Å². The van der Waals surface area contributed by atoms with Crippen LogP contribution in [0.3, 0.4) is 0 Å². The fraction of sp³-hybridized carbons (Fsp3) is 0.321. The molecule has 0 aromatic heterocycles. The van der Waals surface area contributed by atoms with Gasteiger partial charge < -0.3 is 18.9 Å². The van der Waals surface area contributed by atoms with Gasteiger partial charge in [0, 0.05) is 56.4 Å². The lowest BCUT2D eigenvalue weighted by molar-refractivity contribution is -0.131. The lowest BCUT2D eigenvalue weighted by Gasteiger charge is -2.28. The van der Waals surface area contributed by atoms with Crippen LogP contribution in [0, 0.1) is 55.4 Å². The van der Waals surface area contributed by atoms with E-state index in [1.807, 2.05) is 104 Å². The van der Waals surface area contributed by atoms with Gasteiger partial charge in [-0.2, -0.15) is 0 Å².